The van der Waals surface area contributed by atoms with Crippen LogP contribution in [-0.2, 0) is 27.4 Å². The lowest BCUT2D eigenvalue weighted by Crippen LogP contribution is -2.18. The first-order chi connectivity index (χ1) is 14.4. The average Bonchev–Trinajstić information content (AvgIpc) is 3.09. The molecule has 31 heavy (non-hydrogen) atoms. The molecule has 3 rings (SSSR count). The van der Waals surface area contributed by atoms with Crippen LogP contribution in [0.4, 0.5) is 24.5 Å². The number of halogens is 4. The number of amides is 1. The molecule has 164 valence electrons. The third-order valence-corrected chi connectivity index (χ3v) is 5.76. The fourth-order valence-electron chi connectivity index (χ4n) is 2.62. The van der Waals surface area contributed by atoms with E-state index in [4.69, 9.17) is 11.6 Å². The van der Waals surface area contributed by atoms with E-state index in [0.29, 0.717) is 27.4 Å². The van der Waals surface area contributed by atoms with Crippen molar-refractivity contribution in [3.05, 3.63) is 64.1 Å². The second kappa shape index (κ2) is 8.85. The average molecular weight is 490 g/mol. The number of alkyl halides is 3. The summed E-state index contributed by atoms with van der Waals surface area (Å²) >= 11 is 7.41. The molecule has 0 atom stereocenters. The standard InChI is InChI=1S/C19H15ClF3N3O3S2/c1-31(28,29)26-15-7-6-11(19(21,22)23)8-16(15)25-17(27)9-12-10-30-18(24-12)13-4-2-3-5-14(13)20/h2-8,10,26H,9H2,1H3,(H,25,27). The van der Waals surface area contributed by atoms with Gasteiger partial charge in [0.1, 0.15) is 5.01 Å². The van der Waals surface area contributed by atoms with Crippen LogP contribution in [0.1, 0.15) is 11.3 Å². The number of hydrogen-bond acceptors (Lipinski definition) is 5. The molecule has 0 saturated heterocycles. The monoisotopic (exact) mass is 489 g/mol. The van der Waals surface area contributed by atoms with Crippen molar-refractivity contribution in [3.63, 3.8) is 0 Å². The van der Waals surface area contributed by atoms with Gasteiger partial charge in [-0.3, -0.25) is 9.52 Å². The molecule has 1 aromatic heterocycles. The molecule has 12 heteroatoms. The maximum absolute atomic E-state index is 13.0. The van der Waals surface area contributed by atoms with Crippen molar-refractivity contribution in [1.82, 2.24) is 4.98 Å². The molecular formula is C19H15ClF3N3O3S2. The molecule has 0 bridgehead atoms. The summed E-state index contributed by atoms with van der Waals surface area (Å²) in [5.74, 6) is -0.660. The molecular weight excluding hydrogens is 475 g/mol. The number of hydrogen-bond donors (Lipinski definition) is 2. The summed E-state index contributed by atoms with van der Waals surface area (Å²) in [4.78, 5) is 16.8. The van der Waals surface area contributed by atoms with Crippen LogP contribution in [0.15, 0.2) is 47.8 Å². The molecule has 2 aromatic carbocycles. The Labute approximate surface area is 185 Å². The first-order valence-corrected chi connectivity index (χ1v) is 11.8. The van der Waals surface area contributed by atoms with Gasteiger partial charge >= 0.3 is 6.18 Å². The number of rotatable bonds is 6. The van der Waals surface area contributed by atoms with Crippen molar-refractivity contribution in [1.29, 1.82) is 0 Å². The van der Waals surface area contributed by atoms with Crippen molar-refractivity contribution in [2.24, 2.45) is 0 Å². The van der Waals surface area contributed by atoms with Gasteiger partial charge in [0.2, 0.25) is 15.9 Å². The van der Waals surface area contributed by atoms with E-state index in [9.17, 15) is 26.4 Å². The summed E-state index contributed by atoms with van der Waals surface area (Å²) in [6.45, 7) is 0. The van der Waals surface area contributed by atoms with Gasteiger partial charge in [-0.25, -0.2) is 13.4 Å². The summed E-state index contributed by atoms with van der Waals surface area (Å²) in [5, 5.41) is 5.05. The lowest BCUT2D eigenvalue weighted by atomic mass is 10.1. The molecule has 0 radical (unpaired) electrons. The van der Waals surface area contributed by atoms with Gasteiger partial charge in [-0.15, -0.1) is 11.3 Å². The SMILES string of the molecule is CS(=O)(=O)Nc1ccc(C(F)(F)F)cc1NC(=O)Cc1csc(-c2ccccc2Cl)n1. The summed E-state index contributed by atoms with van der Waals surface area (Å²) in [6.07, 6.45) is -4.04. The smallest absolute Gasteiger partial charge is 0.324 e. The number of benzene rings is 2. The van der Waals surface area contributed by atoms with Crippen LogP contribution in [0.5, 0.6) is 0 Å². The number of carbonyl (C=O) groups excluding carboxylic acids is 1. The Kier molecular flexibility index (Phi) is 6.58. The van der Waals surface area contributed by atoms with Gasteiger partial charge in [0.05, 0.1) is 40.3 Å². The molecule has 6 nitrogen and oxygen atoms in total. The summed E-state index contributed by atoms with van der Waals surface area (Å²) in [6, 6.07) is 9.37. The minimum Gasteiger partial charge on any atom is -0.324 e. The van der Waals surface area contributed by atoms with Gasteiger partial charge in [-0.1, -0.05) is 29.8 Å². The highest BCUT2D eigenvalue weighted by Gasteiger charge is 2.31. The molecule has 0 saturated carbocycles. The number of carbonyl (C=O) groups is 1. The predicted octanol–water partition coefficient (Wildman–Crippen LogP) is 5.04. The highest BCUT2D eigenvalue weighted by atomic mass is 35.5. The normalized spacial score (nSPS) is 11.9. The van der Waals surface area contributed by atoms with E-state index in [1.807, 2.05) is 0 Å². The quantitative estimate of drug-likeness (QED) is 0.508. The van der Waals surface area contributed by atoms with Crippen molar-refractivity contribution >= 4 is 50.2 Å². The first-order valence-electron chi connectivity index (χ1n) is 8.60. The molecule has 1 amide bonds. The number of anilines is 2. The number of thiazole rings is 1. The van der Waals surface area contributed by atoms with E-state index in [-0.39, 0.29) is 17.8 Å². The van der Waals surface area contributed by atoms with Crippen molar-refractivity contribution in [3.8, 4) is 10.6 Å². The predicted molar refractivity (Wildman–Crippen MR) is 115 cm³/mol. The van der Waals surface area contributed by atoms with Crippen molar-refractivity contribution < 1.29 is 26.4 Å². The van der Waals surface area contributed by atoms with Gasteiger partial charge in [0, 0.05) is 10.9 Å². The lowest BCUT2D eigenvalue weighted by Gasteiger charge is -2.15. The topological polar surface area (TPSA) is 88.2 Å². The number of sulfonamides is 1. The van der Waals surface area contributed by atoms with Crippen molar-refractivity contribution in [2.45, 2.75) is 12.6 Å². The maximum atomic E-state index is 13.0. The molecule has 0 unspecified atom stereocenters. The Morgan fingerprint density at radius 2 is 1.87 bits per heavy atom. The van der Waals surface area contributed by atoms with Crippen LogP contribution in [0, 0.1) is 0 Å². The highest BCUT2D eigenvalue weighted by molar-refractivity contribution is 7.92. The van der Waals surface area contributed by atoms with E-state index in [2.05, 4.69) is 15.0 Å². The van der Waals surface area contributed by atoms with Crippen molar-refractivity contribution in [2.75, 3.05) is 16.3 Å². The van der Waals surface area contributed by atoms with Crippen LogP contribution in [-0.4, -0.2) is 25.6 Å². The van der Waals surface area contributed by atoms with Gasteiger partial charge in [-0.2, -0.15) is 13.2 Å². The summed E-state index contributed by atoms with van der Waals surface area (Å²) in [7, 11) is -3.78. The van der Waals surface area contributed by atoms with Crippen LogP contribution < -0.4 is 10.0 Å². The van der Waals surface area contributed by atoms with E-state index in [0.717, 1.165) is 18.4 Å². The van der Waals surface area contributed by atoms with E-state index < -0.39 is 27.7 Å². The fraction of sp³-hybridized carbons (Fsp3) is 0.158. The van der Waals surface area contributed by atoms with Gasteiger partial charge in [-0.05, 0) is 24.3 Å². The molecule has 2 N–H and O–H groups in total. The third kappa shape index (κ3) is 6.18. The Balaban J connectivity index is 1.82. The van der Waals surface area contributed by atoms with E-state index in [1.54, 1.807) is 29.6 Å². The zero-order valence-corrected chi connectivity index (χ0v) is 18.2. The van der Waals surface area contributed by atoms with Crippen LogP contribution in [0.2, 0.25) is 5.02 Å². The largest absolute Gasteiger partial charge is 0.416 e. The first kappa shape index (κ1) is 23.0. The molecule has 3 aromatic rings. The number of nitrogens with zero attached hydrogens (tertiary/aromatic N) is 1. The molecule has 0 spiro atoms. The lowest BCUT2D eigenvalue weighted by molar-refractivity contribution is -0.137. The van der Waals surface area contributed by atoms with Gasteiger partial charge in [0.25, 0.3) is 0 Å². The zero-order chi connectivity index (χ0) is 22.8. The molecule has 0 aliphatic heterocycles. The molecule has 0 aliphatic carbocycles. The Morgan fingerprint density at radius 3 is 2.52 bits per heavy atom. The minimum atomic E-state index is -4.66. The van der Waals surface area contributed by atoms with Crippen LogP contribution in [0.25, 0.3) is 10.6 Å². The Bertz CT molecular complexity index is 1230. The van der Waals surface area contributed by atoms with Gasteiger partial charge < -0.3 is 5.32 Å². The van der Waals surface area contributed by atoms with E-state index >= 15 is 0 Å². The molecule has 0 fully saturated rings. The second-order valence-electron chi connectivity index (χ2n) is 6.48. The zero-order valence-electron chi connectivity index (χ0n) is 15.8. The van der Waals surface area contributed by atoms with Gasteiger partial charge in [0.15, 0.2) is 0 Å². The number of nitrogens with one attached hydrogen (secondary N) is 2. The molecule has 1 heterocycles. The van der Waals surface area contributed by atoms with Crippen LogP contribution >= 0.6 is 22.9 Å². The maximum Gasteiger partial charge on any atom is 0.416 e. The second-order valence-corrected chi connectivity index (χ2v) is 9.49. The highest BCUT2D eigenvalue weighted by Crippen LogP contribution is 2.35. The summed E-state index contributed by atoms with van der Waals surface area (Å²) in [5.41, 5.74) is -0.442. The van der Waals surface area contributed by atoms with E-state index in [1.165, 1.54) is 11.3 Å². The fourth-order valence-corrected chi connectivity index (χ4v) is 4.34. The molecule has 0 aliphatic rings. The number of aromatic nitrogens is 1. The minimum absolute atomic E-state index is 0.182. The summed E-state index contributed by atoms with van der Waals surface area (Å²) < 4.78 is 64.3. The third-order valence-electron chi connectivity index (χ3n) is 3.91. The Morgan fingerprint density at radius 1 is 1.16 bits per heavy atom. The Hall–Kier alpha value is -2.63. The van der Waals surface area contributed by atoms with Crippen LogP contribution in [0.3, 0.4) is 0 Å².